The Morgan fingerprint density at radius 1 is 1.04 bits per heavy atom. The normalized spacial score (nSPS) is 16.9. The van der Waals surface area contributed by atoms with Gasteiger partial charge < -0.3 is 4.90 Å². The maximum Gasteiger partial charge on any atom is 0.246 e. The van der Waals surface area contributed by atoms with E-state index in [9.17, 15) is 12.8 Å². The van der Waals surface area contributed by atoms with Crippen molar-refractivity contribution in [2.45, 2.75) is 25.3 Å². The smallest absolute Gasteiger partial charge is 0.246 e. The molecule has 0 unspecified atom stereocenters. The maximum atomic E-state index is 13.9. The van der Waals surface area contributed by atoms with Crippen LogP contribution in [0.15, 0.2) is 47.4 Å². The summed E-state index contributed by atoms with van der Waals surface area (Å²) in [5.74, 6) is -0.687. The van der Waals surface area contributed by atoms with E-state index in [0.29, 0.717) is 13.1 Å². The number of hydrogen-bond donors (Lipinski definition) is 1. The first kappa shape index (κ1) is 18.0. The van der Waals surface area contributed by atoms with Crippen LogP contribution < -0.4 is 4.90 Å². The second kappa shape index (κ2) is 7.23. The van der Waals surface area contributed by atoms with Crippen molar-refractivity contribution in [1.82, 2.24) is 4.31 Å². The van der Waals surface area contributed by atoms with E-state index in [1.165, 1.54) is 44.1 Å². The standard InChI is InChI=1S/C19H23FN2O2S/c1-15-11-16(2)13-17(12-15)14-21-7-9-22(10-8-21)25(23,24)19-6-4-3-5-18(19)20/h3-6,11-13H,7-10,14H2,1-2H3/p+1. The molecule has 0 aliphatic carbocycles. The molecule has 0 saturated carbocycles. The van der Waals surface area contributed by atoms with Crippen molar-refractivity contribution in [3.05, 3.63) is 65.0 Å². The number of nitrogens with one attached hydrogen (secondary N) is 1. The van der Waals surface area contributed by atoms with Crippen LogP contribution in [-0.2, 0) is 16.6 Å². The fourth-order valence-electron chi connectivity index (χ4n) is 3.47. The Balaban J connectivity index is 1.66. The van der Waals surface area contributed by atoms with Crippen molar-refractivity contribution >= 4 is 10.0 Å². The van der Waals surface area contributed by atoms with Gasteiger partial charge >= 0.3 is 0 Å². The van der Waals surface area contributed by atoms with Crippen molar-refractivity contribution < 1.29 is 17.7 Å². The molecule has 1 fully saturated rings. The Hall–Kier alpha value is -1.76. The molecule has 6 heteroatoms. The molecule has 0 spiro atoms. The van der Waals surface area contributed by atoms with Crippen LogP contribution in [0.5, 0.6) is 0 Å². The number of sulfonamides is 1. The van der Waals surface area contributed by atoms with Crippen LogP contribution in [0.25, 0.3) is 0 Å². The highest BCUT2D eigenvalue weighted by Gasteiger charge is 2.32. The Morgan fingerprint density at radius 2 is 1.64 bits per heavy atom. The number of rotatable bonds is 4. The van der Waals surface area contributed by atoms with E-state index in [4.69, 9.17) is 0 Å². The molecule has 3 rings (SSSR count). The summed E-state index contributed by atoms with van der Waals surface area (Å²) >= 11 is 0. The lowest BCUT2D eigenvalue weighted by Crippen LogP contribution is -3.13. The van der Waals surface area contributed by atoms with Crippen molar-refractivity contribution in [1.29, 1.82) is 0 Å². The summed E-state index contributed by atoms with van der Waals surface area (Å²) in [5, 5.41) is 0. The molecule has 1 heterocycles. The van der Waals surface area contributed by atoms with Gasteiger partial charge in [0.25, 0.3) is 0 Å². The Kier molecular flexibility index (Phi) is 5.22. The Labute approximate surface area is 148 Å². The summed E-state index contributed by atoms with van der Waals surface area (Å²) < 4.78 is 40.5. The number of benzene rings is 2. The first-order valence-electron chi connectivity index (χ1n) is 8.52. The lowest BCUT2D eigenvalue weighted by atomic mass is 10.1. The molecule has 134 valence electrons. The third kappa shape index (κ3) is 4.08. The van der Waals surface area contributed by atoms with Gasteiger partial charge in [-0.05, 0) is 26.0 Å². The highest BCUT2D eigenvalue weighted by Crippen LogP contribution is 2.18. The predicted octanol–water partition coefficient (Wildman–Crippen LogP) is 1.53. The van der Waals surface area contributed by atoms with Crippen molar-refractivity contribution in [3.8, 4) is 0 Å². The molecule has 1 aliphatic rings. The largest absolute Gasteiger partial charge is 0.329 e. The van der Waals surface area contributed by atoms with Crippen LogP contribution in [0.4, 0.5) is 4.39 Å². The van der Waals surface area contributed by atoms with E-state index in [0.717, 1.165) is 19.6 Å². The van der Waals surface area contributed by atoms with Gasteiger partial charge in [0.2, 0.25) is 10.0 Å². The van der Waals surface area contributed by atoms with E-state index in [1.807, 2.05) is 0 Å². The second-order valence-electron chi connectivity index (χ2n) is 6.76. The minimum atomic E-state index is -3.76. The third-order valence-corrected chi connectivity index (χ3v) is 6.55. The fourth-order valence-corrected chi connectivity index (χ4v) is 4.98. The molecule has 4 nitrogen and oxygen atoms in total. The minimum Gasteiger partial charge on any atom is -0.329 e. The summed E-state index contributed by atoms with van der Waals surface area (Å²) in [6.07, 6.45) is 0. The average Bonchev–Trinajstić information content (AvgIpc) is 2.54. The Bertz CT molecular complexity index is 839. The molecule has 2 aromatic rings. The zero-order valence-corrected chi connectivity index (χ0v) is 15.4. The molecular formula is C19H24FN2O2S+. The number of quaternary nitrogens is 1. The van der Waals surface area contributed by atoms with Gasteiger partial charge in [-0.2, -0.15) is 4.31 Å². The van der Waals surface area contributed by atoms with Gasteiger partial charge in [0.05, 0.1) is 26.2 Å². The van der Waals surface area contributed by atoms with Crippen LogP contribution >= 0.6 is 0 Å². The SMILES string of the molecule is Cc1cc(C)cc(C[NH+]2CCN(S(=O)(=O)c3ccccc3F)CC2)c1. The van der Waals surface area contributed by atoms with Crippen LogP contribution in [0.3, 0.4) is 0 Å². The van der Waals surface area contributed by atoms with E-state index in [2.05, 4.69) is 32.0 Å². The van der Waals surface area contributed by atoms with Crippen molar-refractivity contribution in [3.63, 3.8) is 0 Å². The molecular weight excluding hydrogens is 339 g/mol. The molecule has 1 N–H and O–H groups in total. The predicted molar refractivity (Wildman–Crippen MR) is 95.5 cm³/mol. The molecule has 1 aliphatic heterocycles. The monoisotopic (exact) mass is 363 g/mol. The quantitative estimate of drug-likeness (QED) is 0.895. The third-order valence-electron chi connectivity index (χ3n) is 4.62. The topological polar surface area (TPSA) is 41.8 Å². The maximum absolute atomic E-state index is 13.9. The average molecular weight is 363 g/mol. The van der Waals surface area contributed by atoms with Crippen molar-refractivity contribution in [2.24, 2.45) is 0 Å². The lowest BCUT2D eigenvalue weighted by Gasteiger charge is -2.31. The molecule has 0 amide bonds. The summed E-state index contributed by atoms with van der Waals surface area (Å²) in [6.45, 7) is 7.33. The van der Waals surface area contributed by atoms with Crippen LogP contribution in [-0.4, -0.2) is 38.9 Å². The molecule has 0 aromatic heterocycles. The van der Waals surface area contributed by atoms with E-state index >= 15 is 0 Å². The molecule has 2 aromatic carbocycles. The highest BCUT2D eigenvalue weighted by atomic mass is 32.2. The molecule has 0 bridgehead atoms. The van der Waals surface area contributed by atoms with Gasteiger partial charge in [-0.25, -0.2) is 12.8 Å². The lowest BCUT2D eigenvalue weighted by molar-refractivity contribution is -0.917. The molecule has 25 heavy (non-hydrogen) atoms. The van der Waals surface area contributed by atoms with Gasteiger partial charge in [-0.15, -0.1) is 0 Å². The van der Waals surface area contributed by atoms with E-state index < -0.39 is 15.8 Å². The van der Waals surface area contributed by atoms with Crippen LogP contribution in [0.1, 0.15) is 16.7 Å². The number of aryl methyl sites for hydroxylation is 2. The summed E-state index contributed by atoms with van der Waals surface area (Å²) in [5.41, 5.74) is 3.77. The highest BCUT2D eigenvalue weighted by molar-refractivity contribution is 7.89. The number of hydrogen-bond acceptors (Lipinski definition) is 2. The number of halogens is 1. The van der Waals surface area contributed by atoms with Crippen LogP contribution in [0, 0.1) is 19.7 Å². The first-order valence-corrected chi connectivity index (χ1v) is 9.96. The summed E-state index contributed by atoms with van der Waals surface area (Å²) in [6, 6.07) is 12.1. The zero-order valence-electron chi connectivity index (χ0n) is 14.6. The van der Waals surface area contributed by atoms with Gasteiger partial charge in [0, 0.05) is 5.56 Å². The molecule has 1 saturated heterocycles. The van der Waals surface area contributed by atoms with Crippen LogP contribution in [0.2, 0.25) is 0 Å². The summed E-state index contributed by atoms with van der Waals surface area (Å²) in [7, 11) is -3.76. The fraction of sp³-hybridized carbons (Fsp3) is 0.368. The van der Waals surface area contributed by atoms with E-state index in [-0.39, 0.29) is 4.90 Å². The first-order chi connectivity index (χ1) is 11.9. The van der Waals surface area contributed by atoms with Gasteiger partial charge in [-0.3, -0.25) is 0 Å². The van der Waals surface area contributed by atoms with Gasteiger partial charge in [0.1, 0.15) is 17.3 Å². The molecule has 0 radical (unpaired) electrons. The second-order valence-corrected chi connectivity index (χ2v) is 8.66. The van der Waals surface area contributed by atoms with E-state index in [1.54, 1.807) is 6.07 Å². The Morgan fingerprint density at radius 3 is 2.24 bits per heavy atom. The summed E-state index contributed by atoms with van der Waals surface area (Å²) in [4.78, 5) is 1.12. The van der Waals surface area contributed by atoms with Gasteiger partial charge in [0.15, 0.2) is 0 Å². The van der Waals surface area contributed by atoms with Gasteiger partial charge in [-0.1, -0.05) is 41.5 Å². The molecule has 0 atom stereocenters. The zero-order chi connectivity index (χ0) is 18.0. The number of piperazine rings is 1. The minimum absolute atomic E-state index is 0.229. The van der Waals surface area contributed by atoms with Crippen molar-refractivity contribution in [2.75, 3.05) is 26.2 Å². The number of nitrogens with zero attached hydrogens (tertiary/aromatic N) is 1.